The van der Waals surface area contributed by atoms with Gasteiger partial charge in [0.2, 0.25) is 0 Å². The van der Waals surface area contributed by atoms with Crippen molar-refractivity contribution < 1.29 is 5.11 Å². The molecule has 1 aliphatic rings. The van der Waals surface area contributed by atoms with Gasteiger partial charge in [-0.2, -0.15) is 0 Å². The molecular formula is C11H24N2O. The summed E-state index contributed by atoms with van der Waals surface area (Å²) in [6, 6.07) is 0. The van der Waals surface area contributed by atoms with Crippen LogP contribution in [0.1, 0.15) is 33.6 Å². The van der Waals surface area contributed by atoms with Crippen molar-refractivity contribution in [2.45, 2.75) is 45.3 Å². The highest BCUT2D eigenvalue weighted by molar-refractivity contribution is 4.82. The molecule has 0 saturated carbocycles. The number of piperidine rings is 1. The minimum absolute atomic E-state index is 0.0995. The topological polar surface area (TPSA) is 49.5 Å². The van der Waals surface area contributed by atoms with Crippen LogP contribution in [0.3, 0.4) is 0 Å². The summed E-state index contributed by atoms with van der Waals surface area (Å²) in [5.74, 6) is 0.493. The van der Waals surface area contributed by atoms with Crippen molar-refractivity contribution in [1.29, 1.82) is 0 Å². The lowest BCUT2D eigenvalue weighted by Gasteiger charge is -2.36. The van der Waals surface area contributed by atoms with E-state index in [-0.39, 0.29) is 11.6 Å². The predicted molar refractivity (Wildman–Crippen MR) is 59.1 cm³/mol. The molecule has 1 aliphatic heterocycles. The van der Waals surface area contributed by atoms with Crippen molar-refractivity contribution in [3.63, 3.8) is 0 Å². The Morgan fingerprint density at radius 3 is 2.29 bits per heavy atom. The summed E-state index contributed by atoms with van der Waals surface area (Å²) in [6.07, 6.45) is 2.06. The monoisotopic (exact) mass is 200 g/mol. The molecule has 0 aromatic rings. The first-order valence-corrected chi connectivity index (χ1v) is 5.58. The van der Waals surface area contributed by atoms with Crippen LogP contribution < -0.4 is 5.73 Å². The molecule has 0 amide bonds. The Kier molecular flexibility index (Phi) is 3.93. The van der Waals surface area contributed by atoms with E-state index in [2.05, 4.69) is 18.7 Å². The van der Waals surface area contributed by atoms with Crippen molar-refractivity contribution in [2.75, 3.05) is 19.6 Å². The second kappa shape index (κ2) is 4.60. The highest BCUT2D eigenvalue weighted by Gasteiger charge is 2.25. The molecule has 0 spiro atoms. The molecule has 3 nitrogen and oxygen atoms in total. The van der Waals surface area contributed by atoms with Crippen LogP contribution >= 0.6 is 0 Å². The number of hydrogen-bond acceptors (Lipinski definition) is 3. The fourth-order valence-corrected chi connectivity index (χ4v) is 2.17. The molecule has 1 saturated heterocycles. The molecule has 3 N–H and O–H groups in total. The maximum Gasteiger partial charge on any atom is 0.0541 e. The van der Waals surface area contributed by atoms with Crippen LogP contribution in [0.25, 0.3) is 0 Å². The maximum absolute atomic E-state index is 9.45. The Morgan fingerprint density at radius 2 is 1.93 bits per heavy atom. The Hall–Kier alpha value is -0.120. The molecular weight excluding hydrogens is 176 g/mol. The molecule has 0 radical (unpaired) electrons. The number of rotatable bonds is 3. The molecule has 1 atom stereocenters. The van der Waals surface area contributed by atoms with Gasteiger partial charge in [-0.1, -0.05) is 0 Å². The summed E-state index contributed by atoms with van der Waals surface area (Å²) in [6.45, 7) is 9.14. The van der Waals surface area contributed by atoms with Crippen molar-refractivity contribution in [3.05, 3.63) is 0 Å². The molecule has 1 heterocycles. The van der Waals surface area contributed by atoms with Gasteiger partial charge in [-0.15, -0.1) is 0 Å². The van der Waals surface area contributed by atoms with Crippen LogP contribution in [-0.4, -0.2) is 41.3 Å². The molecule has 1 fully saturated rings. The Labute approximate surface area is 87.3 Å². The summed E-state index contributed by atoms with van der Waals surface area (Å²) in [7, 11) is 0. The minimum atomic E-state index is -0.150. The number of aliphatic hydroxyl groups excluding tert-OH is 1. The third kappa shape index (κ3) is 3.95. The van der Waals surface area contributed by atoms with Crippen LogP contribution in [0.4, 0.5) is 0 Å². The molecule has 84 valence electrons. The average Bonchev–Trinajstić information content (AvgIpc) is 2.02. The zero-order valence-electron chi connectivity index (χ0n) is 9.66. The first-order valence-electron chi connectivity index (χ1n) is 5.58. The van der Waals surface area contributed by atoms with Gasteiger partial charge in [0.25, 0.3) is 0 Å². The van der Waals surface area contributed by atoms with Gasteiger partial charge in [-0.3, -0.25) is 0 Å². The lowest BCUT2D eigenvalue weighted by atomic mass is 9.91. The van der Waals surface area contributed by atoms with E-state index in [1.54, 1.807) is 0 Å². The van der Waals surface area contributed by atoms with E-state index in [0.717, 1.165) is 32.5 Å². The second-order valence-corrected chi connectivity index (χ2v) is 5.34. The van der Waals surface area contributed by atoms with Crippen molar-refractivity contribution >= 4 is 0 Å². The molecule has 0 aromatic heterocycles. The number of likely N-dealkylation sites (tertiary alicyclic amines) is 1. The van der Waals surface area contributed by atoms with Crippen LogP contribution in [-0.2, 0) is 0 Å². The molecule has 1 unspecified atom stereocenters. The number of nitrogens with two attached hydrogens (primary N) is 1. The molecule has 0 aliphatic carbocycles. The van der Waals surface area contributed by atoms with E-state index < -0.39 is 0 Å². The summed E-state index contributed by atoms with van der Waals surface area (Å²) in [5, 5.41) is 9.45. The predicted octanol–water partition coefficient (Wildman–Crippen LogP) is 0.816. The van der Waals surface area contributed by atoms with Gasteiger partial charge < -0.3 is 15.7 Å². The highest BCUT2D eigenvalue weighted by Crippen LogP contribution is 2.21. The Morgan fingerprint density at radius 1 is 1.43 bits per heavy atom. The third-order valence-electron chi connectivity index (χ3n) is 2.95. The molecule has 3 heteroatoms. The second-order valence-electron chi connectivity index (χ2n) is 5.34. The van der Waals surface area contributed by atoms with Crippen molar-refractivity contribution in [1.82, 2.24) is 4.90 Å². The summed E-state index contributed by atoms with van der Waals surface area (Å²) in [4.78, 5) is 2.40. The summed E-state index contributed by atoms with van der Waals surface area (Å²) >= 11 is 0. The van der Waals surface area contributed by atoms with Crippen LogP contribution in [0.2, 0.25) is 0 Å². The quantitative estimate of drug-likeness (QED) is 0.709. The number of hydrogen-bond donors (Lipinski definition) is 2. The molecule has 0 aromatic carbocycles. The van der Waals surface area contributed by atoms with Crippen molar-refractivity contribution in [3.8, 4) is 0 Å². The average molecular weight is 200 g/mol. The van der Waals surface area contributed by atoms with Crippen LogP contribution in [0.5, 0.6) is 0 Å². The fraction of sp³-hybridized carbons (Fsp3) is 1.00. The van der Waals surface area contributed by atoms with E-state index in [0.29, 0.717) is 5.92 Å². The smallest absolute Gasteiger partial charge is 0.0541 e. The zero-order chi connectivity index (χ0) is 10.8. The first-order chi connectivity index (χ1) is 6.38. The standard InChI is InChI=1S/C11H24N2O/c1-9(14)10-4-6-13(7-5-10)8-11(2,3)12/h9-10,14H,4-8,12H2,1-3H3. The zero-order valence-corrected chi connectivity index (χ0v) is 9.66. The lowest BCUT2D eigenvalue weighted by molar-refractivity contribution is 0.0661. The summed E-state index contributed by atoms with van der Waals surface area (Å²) < 4.78 is 0. The van der Waals surface area contributed by atoms with Gasteiger partial charge in [-0.25, -0.2) is 0 Å². The van der Waals surface area contributed by atoms with Gasteiger partial charge in [0, 0.05) is 12.1 Å². The SMILES string of the molecule is CC(O)C1CCN(CC(C)(C)N)CC1. The highest BCUT2D eigenvalue weighted by atomic mass is 16.3. The van der Waals surface area contributed by atoms with E-state index in [4.69, 9.17) is 5.73 Å². The molecule has 0 bridgehead atoms. The van der Waals surface area contributed by atoms with E-state index >= 15 is 0 Å². The fourth-order valence-electron chi connectivity index (χ4n) is 2.17. The summed E-state index contributed by atoms with van der Waals surface area (Å²) in [5.41, 5.74) is 5.87. The minimum Gasteiger partial charge on any atom is -0.393 e. The van der Waals surface area contributed by atoms with E-state index in [1.165, 1.54) is 0 Å². The van der Waals surface area contributed by atoms with Gasteiger partial charge in [-0.05, 0) is 52.6 Å². The first kappa shape index (κ1) is 12.0. The third-order valence-corrected chi connectivity index (χ3v) is 2.95. The van der Waals surface area contributed by atoms with Gasteiger partial charge in [0.15, 0.2) is 0 Å². The largest absolute Gasteiger partial charge is 0.393 e. The van der Waals surface area contributed by atoms with Crippen molar-refractivity contribution in [2.24, 2.45) is 11.7 Å². The van der Waals surface area contributed by atoms with E-state index in [1.807, 2.05) is 6.92 Å². The molecule has 1 rings (SSSR count). The normalized spacial score (nSPS) is 23.8. The van der Waals surface area contributed by atoms with Crippen LogP contribution in [0.15, 0.2) is 0 Å². The lowest BCUT2D eigenvalue weighted by Crippen LogP contribution is -2.48. The van der Waals surface area contributed by atoms with Gasteiger partial charge >= 0.3 is 0 Å². The number of aliphatic hydroxyl groups is 1. The maximum atomic E-state index is 9.45. The Bertz CT molecular complexity index is 167. The van der Waals surface area contributed by atoms with Gasteiger partial charge in [0.05, 0.1) is 6.10 Å². The Balaban J connectivity index is 2.29. The van der Waals surface area contributed by atoms with Gasteiger partial charge in [0.1, 0.15) is 0 Å². The number of nitrogens with zero attached hydrogens (tertiary/aromatic N) is 1. The molecule has 14 heavy (non-hydrogen) atoms. The van der Waals surface area contributed by atoms with Crippen LogP contribution in [0, 0.1) is 5.92 Å². The van der Waals surface area contributed by atoms with E-state index in [9.17, 15) is 5.11 Å².